The van der Waals surface area contributed by atoms with Gasteiger partial charge in [-0.3, -0.25) is 4.79 Å². The Morgan fingerprint density at radius 1 is 1.18 bits per heavy atom. The van der Waals surface area contributed by atoms with Gasteiger partial charge in [0, 0.05) is 29.6 Å². The minimum Gasteiger partial charge on any atom is -0.492 e. The van der Waals surface area contributed by atoms with Gasteiger partial charge in [-0.1, -0.05) is 32.4 Å². The van der Waals surface area contributed by atoms with Crippen LogP contribution in [0.4, 0.5) is 4.39 Å². The molecule has 180 valence electrons. The van der Waals surface area contributed by atoms with E-state index in [1.807, 2.05) is 20.8 Å². The van der Waals surface area contributed by atoms with Crippen LogP contribution in [-0.2, 0) is 22.9 Å². The lowest BCUT2D eigenvalue weighted by molar-refractivity contribution is 0.0741. The van der Waals surface area contributed by atoms with Crippen molar-refractivity contribution in [3.63, 3.8) is 0 Å². The van der Waals surface area contributed by atoms with Crippen molar-refractivity contribution in [1.29, 1.82) is 0 Å². The fraction of sp³-hybridized carbons (Fsp3) is 0.333. The molecule has 0 saturated carbocycles. The van der Waals surface area contributed by atoms with Crippen LogP contribution in [0.5, 0.6) is 5.75 Å². The Labute approximate surface area is 203 Å². The summed E-state index contributed by atoms with van der Waals surface area (Å²) >= 11 is 5.99. The summed E-state index contributed by atoms with van der Waals surface area (Å²) in [5, 5.41) is 4.82. The summed E-state index contributed by atoms with van der Waals surface area (Å²) in [4.78, 5) is 15.0. The zero-order valence-corrected chi connectivity index (χ0v) is 20.9. The maximum absolute atomic E-state index is 14.2. The standard InChI is InChI=1S/C24H25ClFN3O4S/c1-24(2,3)14-33-22-8-6-17(34(4,31)32)10-18(22)23(30)28-11-15-12-29(27-20(15)13-28)21-9-16(25)5-7-19(21)26/h5-10,12H,11,13-14H2,1-4H3. The van der Waals surface area contributed by atoms with Gasteiger partial charge in [0.15, 0.2) is 9.84 Å². The maximum atomic E-state index is 14.2. The highest BCUT2D eigenvalue weighted by Crippen LogP contribution is 2.31. The monoisotopic (exact) mass is 505 g/mol. The van der Waals surface area contributed by atoms with E-state index in [2.05, 4.69) is 5.10 Å². The summed E-state index contributed by atoms with van der Waals surface area (Å²) < 4.78 is 45.7. The molecule has 10 heteroatoms. The van der Waals surface area contributed by atoms with E-state index in [0.717, 1.165) is 11.8 Å². The number of rotatable bonds is 5. The minimum atomic E-state index is -3.52. The number of benzene rings is 2. The highest BCUT2D eigenvalue weighted by Gasteiger charge is 2.30. The number of fused-ring (bicyclic) bond motifs is 1. The number of sulfone groups is 1. The number of halogens is 2. The van der Waals surface area contributed by atoms with Gasteiger partial charge in [-0.05, 0) is 41.8 Å². The second-order valence-electron chi connectivity index (χ2n) is 9.58. The molecule has 0 atom stereocenters. The van der Waals surface area contributed by atoms with Crippen LogP contribution in [0.15, 0.2) is 47.5 Å². The minimum absolute atomic E-state index is 0.0394. The van der Waals surface area contributed by atoms with E-state index in [9.17, 15) is 17.6 Å². The van der Waals surface area contributed by atoms with Gasteiger partial charge >= 0.3 is 0 Å². The van der Waals surface area contributed by atoms with Crippen molar-refractivity contribution in [3.05, 3.63) is 70.3 Å². The van der Waals surface area contributed by atoms with Crippen LogP contribution < -0.4 is 4.74 Å². The lowest BCUT2D eigenvalue weighted by Gasteiger charge is -2.22. The summed E-state index contributed by atoms with van der Waals surface area (Å²) in [7, 11) is -3.52. The fourth-order valence-corrected chi connectivity index (χ4v) is 4.39. The van der Waals surface area contributed by atoms with Gasteiger partial charge in [0.1, 0.15) is 17.3 Å². The van der Waals surface area contributed by atoms with Crippen LogP contribution in [-0.4, -0.2) is 41.9 Å². The summed E-state index contributed by atoms with van der Waals surface area (Å²) in [6, 6.07) is 8.53. The van der Waals surface area contributed by atoms with Crippen LogP contribution in [0.25, 0.3) is 5.69 Å². The van der Waals surface area contributed by atoms with E-state index in [-0.39, 0.29) is 40.6 Å². The lowest BCUT2D eigenvalue weighted by atomic mass is 9.98. The molecule has 1 aliphatic rings. The molecule has 34 heavy (non-hydrogen) atoms. The Morgan fingerprint density at radius 3 is 2.56 bits per heavy atom. The van der Waals surface area contributed by atoms with Crippen LogP contribution in [0.1, 0.15) is 42.4 Å². The normalized spacial score (nSPS) is 13.8. The van der Waals surface area contributed by atoms with Crippen molar-refractivity contribution in [2.75, 3.05) is 12.9 Å². The van der Waals surface area contributed by atoms with Crippen molar-refractivity contribution >= 4 is 27.3 Å². The first-order valence-corrected chi connectivity index (χ1v) is 12.9. The molecular formula is C24H25ClFN3O4S. The molecule has 1 aromatic heterocycles. The molecule has 3 aromatic rings. The van der Waals surface area contributed by atoms with Crippen molar-refractivity contribution in [2.24, 2.45) is 5.41 Å². The third-order valence-corrected chi connectivity index (χ3v) is 6.64. The number of nitrogens with zero attached hydrogens (tertiary/aromatic N) is 3. The Hall–Kier alpha value is -2.91. The van der Waals surface area contributed by atoms with Gasteiger partial charge in [-0.25, -0.2) is 17.5 Å². The average molecular weight is 506 g/mol. The summed E-state index contributed by atoms with van der Waals surface area (Å²) in [5.74, 6) is -0.507. The molecule has 2 aromatic carbocycles. The Morgan fingerprint density at radius 2 is 1.91 bits per heavy atom. The van der Waals surface area contributed by atoms with E-state index in [1.54, 1.807) is 11.1 Å². The molecule has 2 heterocycles. The van der Waals surface area contributed by atoms with Crippen LogP contribution >= 0.6 is 11.6 Å². The number of carbonyl (C=O) groups excluding carboxylic acids is 1. The molecule has 0 unspecified atom stereocenters. The van der Waals surface area contributed by atoms with E-state index < -0.39 is 15.7 Å². The Balaban J connectivity index is 1.61. The highest BCUT2D eigenvalue weighted by atomic mass is 35.5. The molecule has 0 N–H and O–H groups in total. The smallest absolute Gasteiger partial charge is 0.258 e. The number of hydrogen-bond donors (Lipinski definition) is 0. The van der Waals surface area contributed by atoms with Crippen molar-refractivity contribution in [3.8, 4) is 11.4 Å². The van der Waals surface area contributed by atoms with Crippen LogP contribution in [0.3, 0.4) is 0 Å². The molecule has 0 spiro atoms. The summed E-state index contributed by atoms with van der Waals surface area (Å²) in [5.41, 5.74) is 1.64. The maximum Gasteiger partial charge on any atom is 0.258 e. The van der Waals surface area contributed by atoms with Crippen LogP contribution in [0, 0.1) is 11.2 Å². The predicted molar refractivity (Wildman–Crippen MR) is 127 cm³/mol. The number of amides is 1. The third-order valence-electron chi connectivity index (χ3n) is 5.29. The van der Waals surface area contributed by atoms with Crippen molar-refractivity contribution < 1.29 is 22.3 Å². The molecule has 0 fully saturated rings. The largest absolute Gasteiger partial charge is 0.492 e. The van der Waals surface area contributed by atoms with Crippen molar-refractivity contribution in [2.45, 2.75) is 38.8 Å². The second-order valence-corrected chi connectivity index (χ2v) is 12.0. The van der Waals surface area contributed by atoms with Crippen LogP contribution in [0.2, 0.25) is 5.02 Å². The molecular weight excluding hydrogens is 481 g/mol. The quantitative estimate of drug-likeness (QED) is 0.504. The zero-order chi connectivity index (χ0) is 24.8. The molecule has 0 aliphatic carbocycles. The average Bonchev–Trinajstić information content (AvgIpc) is 3.31. The lowest BCUT2D eigenvalue weighted by Crippen LogP contribution is -2.27. The van der Waals surface area contributed by atoms with E-state index in [4.69, 9.17) is 16.3 Å². The summed E-state index contributed by atoms with van der Waals surface area (Å²) in [6.45, 7) is 6.80. The van der Waals surface area contributed by atoms with E-state index in [1.165, 1.54) is 41.1 Å². The molecule has 0 bridgehead atoms. The number of aromatic nitrogens is 2. The molecule has 1 aliphatic heterocycles. The third kappa shape index (κ3) is 5.10. The van der Waals surface area contributed by atoms with Gasteiger partial charge in [0.25, 0.3) is 5.91 Å². The first-order valence-electron chi connectivity index (χ1n) is 10.6. The van der Waals surface area contributed by atoms with E-state index in [0.29, 0.717) is 23.1 Å². The molecule has 0 saturated heterocycles. The molecule has 4 rings (SSSR count). The van der Waals surface area contributed by atoms with E-state index >= 15 is 0 Å². The Kier molecular flexibility index (Phi) is 6.20. The number of carbonyl (C=O) groups is 1. The Bertz CT molecular complexity index is 1360. The first-order chi connectivity index (χ1) is 15.8. The molecule has 0 radical (unpaired) electrons. The topological polar surface area (TPSA) is 81.5 Å². The van der Waals surface area contributed by atoms with Gasteiger partial charge in [0.05, 0.1) is 29.3 Å². The van der Waals surface area contributed by atoms with Gasteiger partial charge < -0.3 is 9.64 Å². The molecule has 7 nitrogen and oxygen atoms in total. The predicted octanol–water partition coefficient (Wildman–Crippen LogP) is 4.65. The van der Waals surface area contributed by atoms with Gasteiger partial charge in [-0.15, -0.1) is 0 Å². The van der Waals surface area contributed by atoms with Gasteiger partial charge in [-0.2, -0.15) is 5.10 Å². The number of hydrogen-bond acceptors (Lipinski definition) is 5. The molecule has 1 amide bonds. The zero-order valence-electron chi connectivity index (χ0n) is 19.3. The number of ether oxygens (including phenoxy) is 1. The summed E-state index contributed by atoms with van der Waals surface area (Å²) in [6.07, 6.45) is 2.76. The highest BCUT2D eigenvalue weighted by molar-refractivity contribution is 7.90. The first kappa shape index (κ1) is 24.2. The van der Waals surface area contributed by atoms with Crippen molar-refractivity contribution in [1.82, 2.24) is 14.7 Å². The van der Waals surface area contributed by atoms with Gasteiger partial charge in [0.2, 0.25) is 0 Å². The fourth-order valence-electron chi connectivity index (χ4n) is 3.58. The SMILES string of the molecule is CC(C)(C)COc1ccc(S(C)(=O)=O)cc1C(=O)N1Cc2cn(-c3cc(Cl)ccc3F)nc2C1. The second kappa shape index (κ2) is 8.70.